The Morgan fingerprint density at radius 2 is 1.82 bits per heavy atom. The summed E-state index contributed by atoms with van der Waals surface area (Å²) in [6.07, 6.45) is 1.50. The molecular formula is C16H21N3O2S. The van der Waals surface area contributed by atoms with Crippen LogP contribution in [0.5, 0.6) is 0 Å². The highest BCUT2D eigenvalue weighted by molar-refractivity contribution is 7.92. The summed E-state index contributed by atoms with van der Waals surface area (Å²) < 4.78 is 27.2. The van der Waals surface area contributed by atoms with E-state index in [-0.39, 0.29) is 10.4 Å². The first-order chi connectivity index (χ1) is 10.2. The molecule has 0 fully saturated rings. The van der Waals surface area contributed by atoms with Crippen LogP contribution in [-0.4, -0.2) is 18.9 Å². The van der Waals surface area contributed by atoms with Crippen LogP contribution in [0.25, 0.3) is 0 Å². The molecule has 0 saturated heterocycles. The van der Waals surface area contributed by atoms with Crippen LogP contribution in [0, 0.1) is 6.92 Å². The van der Waals surface area contributed by atoms with Crippen LogP contribution in [0.2, 0.25) is 0 Å². The van der Waals surface area contributed by atoms with Crippen molar-refractivity contribution in [2.45, 2.75) is 38.1 Å². The van der Waals surface area contributed by atoms with E-state index in [9.17, 15) is 8.42 Å². The van der Waals surface area contributed by atoms with E-state index in [0.717, 1.165) is 5.56 Å². The first-order valence-corrected chi connectivity index (χ1v) is 8.48. The summed E-state index contributed by atoms with van der Waals surface area (Å²) in [4.78, 5) is 4.46. The lowest BCUT2D eigenvalue weighted by atomic mass is 10.1. The van der Waals surface area contributed by atoms with E-state index in [4.69, 9.17) is 0 Å². The van der Waals surface area contributed by atoms with Crippen molar-refractivity contribution >= 4 is 21.5 Å². The van der Waals surface area contributed by atoms with Gasteiger partial charge in [0.15, 0.2) is 0 Å². The van der Waals surface area contributed by atoms with Crippen LogP contribution in [0.4, 0.5) is 11.5 Å². The largest absolute Gasteiger partial charge is 0.365 e. The van der Waals surface area contributed by atoms with Crippen molar-refractivity contribution in [3.05, 3.63) is 48.2 Å². The number of nitrogens with zero attached hydrogens (tertiary/aromatic N) is 1. The van der Waals surface area contributed by atoms with Gasteiger partial charge in [-0.1, -0.05) is 12.1 Å². The molecule has 2 rings (SSSR count). The highest BCUT2D eigenvalue weighted by Gasteiger charge is 2.15. The SMILES string of the molecule is Cc1cccc(S(=O)(=O)Nc2ccc(NC(C)(C)C)nc2)c1. The summed E-state index contributed by atoms with van der Waals surface area (Å²) in [6.45, 7) is 7.95. The monoisotopic (exact) mass is 319 g/mol. The Morgan fingerprint density at radius 1 is 1.09 bits per heavy atom. The number of hydrogen-bond donors (Lipinski definition) is 2. The topological polar surface area (TPSA) is 71.1 Å². The third-order valence-corrected chi connectivity index (χ3v) is 4.20. The fourth-order valence-corrected chi connectivity index (χ4v) is 3.06. The van der Waals surface area contributed by atoms with Crippen molar-refractivity contribution in [1.29, 1.82) is 0 Å². The summed E-state index contributed by atoms with van der Waals surface area (Å²) in [5, 5.41) is 3.22. The zero-order valence-corrected chi connectivity index (χ0v) is 14.0. The molecule has 1 heterocycles. The van der Waals surface area contributed by atoms with Gasteiger partial charge >= 0.3 is 0 Å². The highest BCUT2D eigenvalue weighted by atomic mass is 32.2. The van der Waals surface area contributed by atoms with Gasteiger partial charge < -0.3 is 5.32 Å². The number of sulfonamides is 1. The predicted molar refractivity (Wildman–Crippen MR) is 89.6 cm³/mol. The Hall–Kier alpha value is -2.08. The molecule has 22 heavy (non-hydrogen) atoms. The molecule has 0 amide bonds. The Labute approximate surface area is 131 Å². The average Bonchev–Trinajstić information content (AvgIpc) is 2.39. The van der Waals surface area contributed by atoms with E-state index in [2.05, 4.69) is 15.0 Å². The molecule has 0 spiro atoms. The molecule has 6 heteroatoms. The lowest BCUT2D eigenvalue weighted by Gasteiger charge is -2.21. The van der Waals surface area contributed by atoms with Gasteiger partial charge in [0.1, 0.15) is 5.82 Å². The second kappa shape index (κ2) is 5.96. The van der Waals surface area contributed by atoms with Crippen LogP contribution in [0.1, 0.15) is 26.3 Å². The Kier molecular flexibility index (Phi) is 4.42. The molecule has 5 nitrogen and oxygen atoms in total. The normalized spacial score (nSPS) is 12.0. The number of aromatic nitrogens is 1. The molecule has 0 aliphatic carbocycles. The number of benzene rings is 1. The predicted octanol–water partition coefficient (Wildman–Crippen LogP) is 3.40. The zero-order chi connectivity index (χ0) is 16.4. The lowest BCUT2D eigenvalue weighted by molar-refractivity contribution is 0.601. The highest BCUT2D eigenvalue weighted by Crippen LogP contribution is 2.18. The molecule has 0 aliphatic heterocycles. The molecule has 0 saturated carbocycles. The van der Waals surface area contributed by atoms with Crippen LogP contribution in [-0.2, 0) is 10.0 Å². The standard InChI is InChI=1S/C16H21N3O2S/c1-12-6-5-7-14(10-12)22(20,21)19-13-8-9-15(17-11-13)18-16(2,3)4/h5-11,19H,1-4H3,(H,17,18). The second-order valence-corrected chi connectivity index (χ2v) is 7.91. The van der Waals surface area contributed by atoms with Crippen LogP contribution in [0.3, 0.4) is 0 Å². The molecule has 2 N–H and O–H groups in total. The molecule has 1 aromatic heterocycles. The van der Waals surface area contributed by atoms with Gasteiger partial charge in [-0.25, -0.2) is 13.4 Å². The third kappa shape index (κ3) is 4.46. The van der Waals surface area contributed by atoms with Gasteiger partial charge in [0.05, 0.1) is 16.8 Å². The van der Waals surface area contributed by atoms with Gasteiger partial charge in [-0.05, 0) is 57.5 Å². The summed E-state index contributed by atoms with van der Waals surface area (Å²) in [5.74, 6) is 0.700. The third-order valence-electron chi connectivity index (χ3n) is 2.82. The minimum absolute atomic E-state index is 0.102. The van der Waals surface area contributed by atoms with Crippen LogP contribution in [0.15, 0.2) is 47.5 Å². The lowest BCUT2D eigenvalue weighted by Crippen LogP contribution is -2.26. The summed E-state index contributed by atoms with van der Waals surface area (Å²) >= 11 is 0. The van der Waals surface area contributed by atoms with Crippen molar-refractivity contribution in [1.82, 2.24) is 4.98 Å². The molecule has 0 bridgehead atoms. The first kappa shape index (κ1) is 16.3. The Morgan fingerprint density at radius 3 is 2.36 bits per heavy atom. The van der Waals surface area contributed by atoms with Crippen molar-refractivity contribution in [3.8, 4) is 0 Å². The second-order valence-electron chi connectivity index (χ2n) is 6.23. The van der Waals surface area contributed by atoms with Gasteiger partial charge in [0, 0.05) is 5.54 Å². The fourth-order valence-electron chi connectivity index (χ4n) is 1.91. The quantitative estimate of drug-likeness (QED) is 0.906. The van der Waals surface area contributed by atoms with E-state index in [1.807, 2.05) is 33.8 Å². The molecule has 118 valence electrons. The van der Waals surface area contributed by atoms with Crippen molar-refractivity contribution in [2.75, 3.05) is 10.0 Å². The first-order valence-electron chi connectivity index (χ1n) is 6.99. The van der Waals surface area contributed by atoms with Gasteiger partial charge in [0.25, 0.3) is 10.0 Å². The minimum Gasteiger partial charge on any atom is -0.365 e. The number of aryl methyl sites for hydroxylation is 1. The molecule has 0 aliphatic rings. The maximum Gasteiger partial charge on any atom is 0.261 e. The molecule has 1 aromatic carbocycles. The number of anilines is 2. The molecule has 2 aromatic rings. The molecule has 0 atom stereocenters. The van der Waals surface area contributed by atoms with E-state index in [1.165, 1.54) is 6.20 Å². The van der Waals surface area contributed by atoms with Crippen molar-refractivity contribution in [2.24, 2.45) is 0 Å². The Balaban J connectivity index is 2.17. The maximum atomic E-state index is 12.3. The fraction of sp³-hybridized carbons (Fsp3) is 0.312. The average molecular weight is 319 g/mol. The van der Waals surface area contributed by atoms with E-state index >= 15 is 0 Å². The molecule has 0 radical (unpaired) electrons. The number of nitrogens with one attached hydrogen (secondary N) is 2. The zero-order valence-electron chi connectivity index (χ0n) is 13.2. The minimum atomic E-state index is -3.59. The Bertz CT molecular complexity index is 748. The summed E-state index contributed by atoms with van der Waals surface area (Å²) in [7, 11) is -3.59. The number of hydrogen-bond acceptors (Lipinski definition) is 4. The van der Waals surface area contributed by atoms with E-state index in [1.54, 1.807) is 30.3 Å². The summed E-state index contributed by atoms with van der Waals surface area (Å²) in [5.41, 5.74) is 1.22. The van der Waals surface area contributed by atoms with Crippen molar-refractivity contribution < 1.29 is 8.42 Å². The molecule has 0 unspecified atom stereocenters. The number of pyridine rings is 1. The molecular weight excluding hydrogens is 298 g/mol. The maximum absolute atomic E-state index is 12.3. The van der Waals surface area contributed by atoms with Crippen LogP contribution >= 0.6 is 0 Å². The van der Waals surface area contributed by atoms with Gasteiger partial charge in [-0.2, -0.15) is 0 Å². The smallest absolute Gasteiger partial charge is 0.261 e. The van der Waals surface area contributed by atoms with E-state index < -0.39 is 10.0 Å². The van der Waals surface area contributed by atoms with Gasteiger partial charge in [-0.3, -0.25) is 4.72 Å². The van der Waals surface area contributed by atoms with Crippen LogP contribution < -0.4 is 10.0 Å². The number of rotatable bonds is 4. The van der Waals surface area contributed by atoms with E-state index in [0.29, 0.717) is 11.5 Å². The van der Waals surface area contributed by atoms with Gasteiger partial charge in [-0.15, -0.1) is 0 Å². The summed E-state index contributed by atoms with van der Waals surface area (Å²) in [6, 6.07) is 10.2. The van der Waals surface area contributed by atoms with Gasteiger partial charge in [0.2, 0.25) is 0 Å². The van der Waals surface area contributed by atoms with Crippen molar-refractivity contribution in [3.63, 3.8) is 0 Å².